The van der Waals surface area contributed by atoms with E-state index in [0.717, 1.165) is 31.9 Å². The lowest BCUT2D eigenvalue weighted by atomic mass is 9.89. The number of ether oxygens (including phenoxy) is 1. The van der Waals surface area contributed by atoms with Gasteiger partial charge in [-0.2, -0.15) is 0 Å². The summed E-state index contributed by atoms with van der Waals surface area (Å²) in [5, 5.41) is 0. The fourth-order valence-electron chi connectivity index (χ4n) is 3.51. The van der Waals surface area contributed by atoms with Crippen molar-refractivity contribution in [3.63, 3.8) is 0 Å². The molecular weight excluding hydrogens is 296 g/mol. The molecule has 2 N–H and O–H groups in total. The Morgan fingerprint density at radius 1 is 1.08 bits per heavy atom. The third-order valence-electron chi connectivity index (χ3n) is 4.74. The van der Waals surface area contributed by atoms with Crippen LogP contribution in [0.1, 0.15) is 17.0 Å². The van der Waals surface area contributed by atoms with Crippen molar-refractivity contribution in [3.05, 3.63) is 78.4 Å². The molecule has 0 saturated carbocycles. The van der Waals surface area contributed by atoms with Gasteiger partial charge in [-0.3, -0.25) is 4.90 Å². The summed E-state index contributed by atoms with van der Waals surface area (Å²) in [4.78, 5) is 2.51. The lowest BCUT2D eigenvalue weighted by molar-refractivity contribution is 0.316. The van der Waals surface area contributed by atoms with Gasteiger partial charge in [0.2, 0.25) is 0 Å². The van der Waals surface area contributed by atoms with Crippen LogP contribution in [0.2, 0.25) is 0 Å². The zero-order chi connectivity index (χ0) is 16.8. The van der Waals surface area contributed by atoms with Crippen LogP contribution in [0.5, 0.6) is 5.75 Å². The molecule has 1 aliphatic heterocycles. The van der Waals surface area contributed by atoms with E-state index in [1.54, 1.807) is 6.08 Å². The Balaban J connectivity index is 1.63. The summed E-state index contributed by atoms with van der Waals surface area (Å²) in [5.41, 5.74) is 8.75. The summed E-state index contributed by atoms with van der Waals surface area (Å²) < 4.78 is 5.54. The minimum Gasteiger partial charge on any atom is -0.490 e. The molecule has 3 nitrogen and oxygen atoms in total. The van der Waals surface area contributed by atoms with Gasteiger partial charge in [0.15, 0.2) is 0 Å². The number of rotatable bonds is 7. The Morgan fingerprint density at radius 2 is 1.83 bits per heavy atom. The van der Waals surface area contributed by atoms with E-state index >= 15 is 0 Å². The first-order chi connectivity index (χ1) is 11.8. The highest BCUT2D eigenvalue weighted by Gasteiger charge is 2.32. The van der Waals surface area contributed by atoms with E-state index in [-0.39, 0.29) is 0 Å². The van der Waals surface area contributed by atoms with Gasteiger partial charge in [-0.05, 0) is 35.7 Å². The summed E-state index contributed by atoms with van der Waals surface area (Å²) in [6.45, 7) is 8.04. The van der Waals surface area contributed by atoms with Gasteiger partial charge in [-0.25, -0.2) is 0 Å². The monoisotopic (exact) mass is 322 g/mol. The zero-order valence-electron chi connectivity index (χ0n) is 14.1. The number of hydrogen-bond donors (Lipinski definition) is 1. The molecule has 3 rings (SSSR count). The van der Waals surface area contributed by atoms with E-state index in [9.17, 15) is 0 Å². The van der Waals surface area contributed by atoms with Crippen LogP contribution in [-0.4, -0.2) is 31.1 Å². The lowest BCUT2D eigenvalue weighted by Crippen LogP contribution is -2.23. The Morgan fingerprint density at radius 3 is 2.50 bits per heavy atom. The van der Waals surface area contributed by atoms with Crippen molar-refractivity contribution in [2.24, 2.45) is 11.7 Å². The summed E-state index contributed by atoms with van der Waals surface area (Å²) in [6.07, 6.45) is 1.76. The Hall–Kier alpha value is -2.10. The van der Waals surface area contributed by atoms with Gasteiger partial charge in [0.1, 0.15) is 12.4 Å². The molecule has 1 fully saturated rings. The van der Waals surface area contributed by atoms with Crippen molar-refractivity contribution in [3.8, 4) is 5.75 Å². The van der Waals surface area contributed by atoms with Crippen molar-refractivity contribution < 1.29 is 4.74 Å². The maximum atomic E-state index is 6.03. The standard InChI is InChI=1S/C21H26N2O/c1-2-12-24-20-10-8-17(9-11-20)14-23-15-19(13-22)21(16-23)18-6-4-3-5-7-18/h2-11,19,21H,1,12-16,22H2/t19-,21+/m1/s1. The van der Waals surface area contributed by atoms with Crippen LogP contribution in [0.25, 0.3) is 0 Å². The van der Waals surface area contributed by atoms with Crippen LogP contribution in [0.4, 0.5) is 0 Å². The normalized spacial score (nSPS) is 20.9. The predicted molar refractivity (Wildman–Crippen MR) is 99.1 cm³/mol. The Labute approximate surface area is 144 Å². The van der Waals surface area contributed by atoms with Crippen molar-refractivity contribution >= 4 is 0 Å². The molecule has 0 bridgehead atoms. The Kier molecular flexibility index (Phi) is 5.68. The molecule has 0 spiro atoms. The topological polar surface area (TPSA) is 38.5 Å². The number of nitrogens with two attached hydrogens (primary N) is 1. The first-order valence-electron chi connectivity index (χ1n) is 8.60. The van der Waals surface area contributed by atoms with Crippen molar-refractivity contribution in [2.75, 3.05) is 26.2 Å². The second-order valence-electron chi connectivity index (χ2n) is 6.45. The van der Waals surface area contributed by atoms with Crippen LogP contribution in [-0.2, 0) is 6.54 Å². The van der Waals surface area contributed by atoms with Gasteiger partial charge in [-0.15, -0.1) is 0 Å². The highest BCUT2D eigenvalue weighted by atomic mass is 16.5. The van der Waals surface area contributed by atoms with Crippen LogP contribution in [0, 0.1) is 5.92 Å². The molecule has 24 heavy (non-hydrogen) atoms. The quantitative estimate of drug-likeness (QED) is 0.794. The highest BCUT2D eigenvalue weighted by molar-refractivity contribution is 5.28. The second kappa shape index (κ2) is 8.13. The third-order valence-corrected chi connectivity index (χ3v) is 4.74. The minimum atomic E-state index is 0.530. The van der Waals surface area contributed by atoms with Crippen LogP contribution < -0.4 is 10.5 Å². The van der Waals surface area contributed by atoms with E-state index < -0.39 is 0 Å². The van der Waals surface area contributed by atoms with Crippen molar-refractivity contribution in [1.29, 1.82) is 0 Å². The fraction of sp³-hybridized carbons (Fsp3) is 0.333. The van der Waals surface area contributed by atoms with Crippen molar-refractivity contribution in [2.45, 2.75) is 12.5 Å². The van der Waals surface area contributed by atoms with E-state index in [0.29, 0.717) is 18.4 Å². The first-order valence-corrected chi connectivity index (χ1v) is 8.60. The smallest absolute Gasteiger partial charge is 0.119 e. The summed E-state index contributed by atoms with van der Waals surface area (Å²) in [5.74, 6) is 1.95. The maximum Gasteiger partial charge on any atom is 0.119 e. The SMILES string of the molecule is C=CCOc1ccc(CN2C[C@@H](CN)[C@H](c3ccccc3)C2)cc1. The molecule has 3 heteroatoms. The largest absolute Gasteiger partial charge is 0.490 e. The highest BCUT2D eigenvalue weighted by Crippen LogP contribution is 2.32. The molecule has 2 aromatic rings. The predicted octanol–water partition coefficient (Wildman–Crippen LogP) is 3.43. The molecule has 0 aromatic heterocycles. The van der Waals surface area contributed by atoms with E-state index in [4.69, 9.17) is 10.5 Å². The molecule has 0 radical (unpaired) electrons. The number of hydrogen-bond acceptors (Lipinski definition) is 3. The first kappa shape index (κ1) is 16.7. The van der Waals surface area contributed by atoms with Gasteiger partial charge in [-0.1, -0.05) is 55.1 Å². The molecule has 1 saturated heterocycles. The molecule has 1 heterocycles. The van der Waals surface area contributed by atoms with Crippen LogP contribution in [0.3, 0.4) is 0 Å². The molecule has 0 amide bonds. The minimum absolute atomic E-state index is 0.530. The van der Waals surface area contributed by atoms with Crippen LogP contribution in [0.15, 0.2) is 67.3 Å². The van der Waals surface area contributed by atoms with Gasteiger partial charge < -0.3 is 10.5 Å². The molecule has 0 unspecified atom stereocenters. The maximum absolute atomic E-state index is 6.03. The van der Waals surface area contributed by atoms with Gasteiger partial charge in [0, 0.05) is 25.6 Å². The molecule has 1 aliphatic rings. The van der Waals surface area contributed by atoms with Gasteiger partial charge >= 0.3 is 0 Å². The summed E-state index contributed by atoms with van der Waals surface area (Å²) >= 11 is 0. The van der Waals surface area contributed by atoms with E-state index in [1.807, 2.05) is 12.1 Å². The Bertz CT molecular complexity index is 639. The third kappa shape index (κ3) is 4.05. The zero-order valence-corrected chi connectivity index (χ0v) is 14.1. The molecule has 2 atom stereocenters. The van der Waals surface area contributed by atoms with Gasteiger partial charge in [0.05, 0.1) is 0 Å². The molecule has 2 aromatic carbocycles. The molecular formula is C21H26N2O. The summed E-state index contributed by atoms with van der Waals surface area (Å²) in [7, 11) is 0. The molecule has 0 aliphatic carbocycles. The van der Waals surface area contributed by atoms with Crippen molar-refractivity contribution in [1.82, 2.24) is 4.90 Å². The van der Waals surface area contributed by atoms with E-state index in [1.165, 1.54) is 11.1 Å². The number of benzene rings is 2. The number of nitrogens with zero attached hydrogens (tertiary/aromatic N) is 1. The second-order valence-corrected chi connectivity index (χ2v) is 6.45. The fourth-order valence-corrected chi connectivity index (χ4v) is 3.51. The average Bonchev–Trinajstić information content (AvgIpc) is 3.05. The average molecular weight is 322 g/mol. The summed E-state index contributed by atoms with van der Waals surface area (Å²) in [6, 6.07) is 19.1. The van der Waals surface area contributed by atoms with Gasteiger partial charge in [0.25, 0.3) is 0 Å². The molecule has 126 valence electrons. The number of likely N-dealkylation sites (tertiary alicyclic amines) is 1. The van der Waals surface area contributed by atoms with Crippen LogP contribution >= 0.6 is 0 Å². The lowest BCUT2D eigenvalue weighted by Gasteiger charge is -2.17. The van der Waals surface area contributed by atoms with E-state index in [2.05, 4.69) is 53.9 Å².